The molecule has 0 aliphatic rings. The number of aliphatic hydroxyl groups excluding tert-OH is 2. The largest absolute Gasteiger partial charge is 0.472 e. The molecule has 0 spiro atoms. The number of phosphoric ester groups is 1. The number of rotatable bonds is 52. The minimum Gasteiger partial charge on any atom is -0.457 e. The molecular formula is C55H103O10P. The number of phosphoric acid groups is 1. The molecule has 0 rings (SSSR count). The second-order valence-corrected chi connectivity index (χ2v) is 20.0. The Morgan fingerprint density at radius 1 is 0.409 bits per heavy atom. The van der Waals surface area contributed by atoms with Crippen molar-refractivity contribution in [1.29, 1.82) is 0 Å². The fourth-order valence-electron chi connectivity index (χ4n) is 7.89. The molecular weight excluding hydrogens is 852 g/mol. The van der Waals surface area contributed by atoms with Crippen LogP contribution < -0.4 is 0 Å². The molecule has 0 radical (unpaired) electrons. The minimum absolute atomic E-state index is 0.178. The molecule has 0 aliphatic heterocycles. The van der Waals surface area contributed by atoms with E-state index in [1.807, 2.05) is 0 Å². The highest BCUT2D eigenvalue weighted by atomic mass is 31.2. The fourth-order valence-corrected chi connectivity index (χ4v) is 8.67. The molecule has 388 valence electrons. The highest BCUT2D eigenvalue weighted by Crippen LogP contribution is 2.43. The standard InChI is InChI=1S/C55H103O10P/c1-3-5-7-9-11-13-15-17-19-21-23-24-25-26-27-29-31-33-35-37-39-41-43-45-47-55(59)65-53(49-57)51-63-66(60,61)62-50-52(48-56)64-54(58)46-44-42-40-38-36-34-32-30-28-22-20-18-16-14-12-10-8-6-4-2/h12,14,18,20,28,30,52-53,56-57H,3-11,13,15-17,19,21-27,29,31-51H2,1-2H3,(H,60,61)/b14-12-,20-18-,30-28-. The zero-order valence-corrected chi connectivity index (χ0v) is 43.6. The monoisotopic (exact) mass is 955 g/mol. The summed E-state index contributed by atoms with van der Waals surface area (Å²) in [6.07, 6.45) is 57.0. The smallest absolute Gasteiger partial charge is 0.457 e. The van der Waals surface area contributed by atoms with Crippen LogP contribution in [0.5, 0.6) is 0 Å². The number of ether oxygens (including phenoxy) is 2. The van der Waals surface area contributed by atoms with E-state index in [0.29, 0.717) is 12.8 Å². The van der Waals surface area contributed by atoms with Crippen LogP contribution in [-0.4, -0.2) is 65.7 Å². The van der Waals surface area contributed by atoms with E-state index >= 15 is 0 Å². The van der Waals surface area contributed by atoms with E-state index in [1.165, 1.54) is 154 Å². The van der Waals surface area contributed by atoms with E-state index in [9.17, 15) is 29.3 Å². The Morgan fingerprint density at radius 2 is 0.667 bits per heavy atom. The van der Waals surface area contributed by atoms with E-state index in [1.54, 1.807) is 0 Å². The van der Waals surface area contributed by atoms with Crippen LogP contribution in [0.1, 0.15) is 264 Å². The Kier molecular flexibility index (Phi) is 49.7. The summed E-state index contributed by atoms with van der Waals surface area (Å²) in [5.74, 6) is -1.02. The first-order valence-electron chi connectivity index (χ1n) is 27.4. The molecule has 0 aromatic heterocycles. The Hall–Kier alpha value is -1.81. The molecule has 3 unspecified atom stereocenters. The number of unbranched alkanes of at least 4 members (excludes halogenated alkanes) is 32. The van der Waals surface area contributed by atoms with Gasteiger partial charge in [-0.1, -0.05) is 237 Å². The molecule has 0 aromatic carbocycles. The van der Waals surface area contributed by atoms with Gasteiger partial charge in [-0.3, -0.25) is 18.6 Å². The van der Waals surface area contributed by atoms with E-state index in [0.717, 1.165) is 70.6 Å². The maximum atomic E-state index is 12.4. The molecule has 0 aliphatic carbocycles. The number of allylic oxidation sites excluding steroid dienone is 6. The van der Waals surface area contributed by atoms with Crippen molar-refractivity contribution in [2.75, 3.05) is 26.4 Å². The lowest BCUT2D eigenvalue weighted by Crippen LogP contribution is -2.28. The normalized spacial score (nSPS) is 13.8. The van der Waals surface area contributed by atoms with Gasteiger partial charge in [0, 0.05) is 12.8 Å². The van der Waals surface area contributed by atoms with Crippen LogP contribution in [0.2, 0.25) is 0 Å². The first-order valence-corrected chi connectivity index (χ1v) is 28.9. The van der Waals surface area contributed by atoms with Gasteiger partial charge in [-0.2, -0.15) is 0 Å². The molecule has 11 heteroatoms. The summed E-state index contributed by atoms with van der Waals surface area (Å²) in [6, 6.07) is 0. The lowest BCUT2D eigenvalue weighted by Gasteiger charge is -2.20. The van der Waals surface area contributed by atoms with Crippen LogP contribution in [0.25, 0.3) is 0 Å². The fraction of sp³-hybridized carbons (Fsp3) is 0.855. The zero-order valence-electron chi connectivity index (χ0n) is 42.7. The van der Waals surface area contributed by atoms with Gasteiger partial charge in [0.05, 0.1) is 26.4 Å². The van der Waals surface area contributed by atoms with Crippen LogP contribution in [0.3, 0.4) is 0 Å². The van der Waals surface area contributed by atoms with Gasteiger partial charge in [0.15, 0.2) is 0 Å². The second-order valence-electron chi connectivity index (χ2n) is 18.6. The predicted octanol–water partition coefficient (Wildman–Crippen LogP) is 15.9. The highest BCUT2D eigenvalue weighted by molar-refractivity contribution is 7.47. The van der Waals surface area contributed by atoms with Gasteiger partial charge in [0.2, 0.25) is 0 Å². The van der Waals surface area contributed by atoms with Crippen LogP contribution in [0, 0.1) is 0 Å². The quantitative estimate of drug-likeness (QED) is 0.0233. The Morgan fingerprint density at radius 3 is 0.985 bits per heavy atom. The summed E-state index contributed by atoms with van der Waals surface area (Å²) < 4.78 is 32.8. The van der Waals surface area contributed by atoms with Crippen molar-refractivity contribution in [3.05, 3.63) is 36.5 Å². The summed E-state index contributed by atoms with van der Waals surface area (Å²) in [5, 5.41) is 19.3. The van der Waals surface area contributed by atoms with E-state index in [2.05, 4.69) is 50.3 Å². The van der Waals surface area contributed by atoms with E-state index in [-0.39, 0.29) is 12.8 Å². The first-order chi connectivity index (χ1) is 32.3. The molecule has 66 heavy (non-hydrogen) atoms. The third-order valence-corrected chi connectivity index (χ3v) is 13.1. The molecule has 0 amide bonds. The molecule has 3 N–H and O–H groups in total. The van der Waals surface area contributed by atoms with Crippen LogP contribution >= 0.6 is 7.82 Å². The lowest BCUT2D eigenvalue weighted by atomic mass is 10.0. The Labute approximate surface area is 405 Å². The summed E-state index contributed by atoms with van der Waals surface area (Å²) in [4.78, 5) is 34.7. The number of carbonyl (C=O) groups excluding carboxylic acids is 2. The zero-order chi connectivity index (χ0) is 48.3. The van der Waals surface area contributed by atoms with E-state index < -0.39 is 58.4 Å². The Balaban J connectivity index is 3.79. The van der Waals surface area contributed by atoms with Gasteiger partial charge in [-0.05, 0) is 51.4 Å². The summed E-state index contributed by atoms with van der Waals surface area (Å²) in [6.45, 7) is 2.22. The number of hydrogen-bond donors (Lipinski definition) is 3. The number of carbonyl (C=O) groups is 2. The van der Waals surface area contributed by atoms with Crippen LogP contribution in [0.4, 0.5) is 0 Å². The topological polar surface area (TPSA) is 149 Å². The first kappa shape index (κ1) is 64.2. The van der Waals surface area contributed by atoms with Crippen molar-refractivity contribution in [3.63, 3.8) is 0 Å². The maximum absolute atomic E-state index is 12.4. The van der Waals surface area contributed by atoms with Gasteiger partial charge in [0.1, 0.15) is 12.2 Å². The third-order valence-electron chi connectivity index (χ3n) is 12.1. The number of aliphatic hydroxyl groups is 2. The van der Waals surface area contributed by atoms with E-state index in [4.69, 9.17) is 18.5 Å². The van der Waals surface area contributed by atoms with Gasteiger partial charge < -0.3 is 24.6 Å². The summed E-state index contributed by atoms with van der Waals surface area (Å²) >= 11 is 0. The molecule has 0 fully saturated rings. The van der Waals surface area contributed by atoms with Crippen molar-refractivity contribution in [2.24, 2.45) is 0 Å². The lowest BCUT2D eigenvalue weighted by molar-refractivity contribution is -0.153. The van der Waals surface area contributed by atoms with Gasteiger partial charge >= 0.3 is 19.8 Å². The molecule has 0 bridgehead atoms. The van der Waals surface area contributed by atoms with Crippen molar-refractivity contribution < 1.29 is 47.8 Å². The van der Waals surface area contributed by atoms with Gasteiger partial charge in [-0.25, -0.2) is 4.57 Å². The average Bonchev–Trinajstić information content (AvgIpc) is 3.31. The summed E-state index contributed by atoms with van der Waals surface area (Å²) in [7, 11) is -4.65. The molecule has 0 aromatic rings. The number of hydrogen-bond acceptors (Lipinski definition) is 9. The van der Waals surface area contributed by atoms with Crippen molar-refractivity contribution >= 4 is 19.8 Å². The highest BCUT2D eigenvalue weighted by Gasteiger charge is 2.27. The molecule has 0 saturated heterocycles. The van der Waals surface area contributed by atoms with Gasteiger partial charge in [0.25, 0.3) is 0 Å². The minimum atomic E-state index is -4.65. The SMILES string of the molecule is CCCCC/C=C\C/C=C\C/C=C\CCCCCCCCC(=O)OC(CO)COP(=O)(O)OCC(CO)OC(=O)CCCCCCCCCCCCCCCCCCCCCCCCCC. The maximum Gasteiger partial charge on any atom is 0.472 e. The van der Waals surface area contributed by atoms with Crippen LogP contribution in [0.15, 0.2) is 36.5 Å². The number of esters is 2. The van der Waals surface area contributed by atoms with Crippen molar-refractivity contribution in [1.82, 2.24) is 0 Å². The average molecular weight is 955 g/mol. The second kappa shape index (κ2) is 51.1. The predicted molar refractivity (Wildman–Crippen MR) is 274 cm³/mol. The van der Waals surface area contributed by atoms with Crippen molar-refractivity contribution in [2.45, 2.75) is 276 Å². The molecule has 0 saturated carbocycles. The Bertz CT molecular complexity index is 1190. The summed E-state index contributed by atoms with van der Waals surface area (Å²) in [5.41, 5.74) is 0. The van der Waals surface area contributed by atoms with Crippen LogP contribution in [-0.2, 0) is 32.7 Å². The third kappa shape index (κ3) is 48.6. The van der Waals surface area contributed by atoms with Crippen molar-refractivity contribution in [3.8, 4) is 0 Å². The molecule has 3 atom stereocenters. The van der Waals surface area contributed by atoms with Gasteiger partial charge in [-0.15, -0.1) is 0 Å². The molecule has 0 heterocycles. The molecule has 10 nitrogen and oxygen atoms in total.